The van der Waals surface area contributed by atoms with E-state index in [-0.39, 0.29) is 43.2 Å². The Hall–Kier alpha value is -3.56. The molecule has 3 amide bonds. The van der Waals surface area contributed by atoms with E-state index in [2.05, 4.69) is 23.6 Å². The molecule has 1 aliphatic rings. The first-order chi connectivity index (χ1) is 21.5. The molecule has 1 aromatic carbocycles. The minimum absolute atomic E-state index is 0.0542. The van der Waals surface area contributed by atoms with E-state index in [1.165, 1.54) is 0 Å². The lowest BCUT2D eigenvalue weighted by atomic mass is 9.92. The molecule has 0 spiro atoms. The largest absolute Gasteiger partial charge is 0.497 e. The van der Waals surface area contributed by atoms with E-state index in [0.717, 1.165) is 44.1 Å². The predicted octanol–water partition coefficient (Wildman–Crippen LogP) is 5.18. The van der Waals surface area contributed by atoms with Gasteiger partial charge in [-0.2, -0.15) is 0 Å². The molecule has 10 nitrogen and oxygen atoms in total. The van der Waals surface area contributed by atoms with Crippen LogP contribution < -0.4 is 20.1 Å². The van der Waals surface area contributed by atoms with Crippen LogP contribution in [0.5, 0.6) is 11.5 Å². The van der Waals surface area contributed by atoms with Crippen molar-refractivity contribution in [3.63, 3.8) is 0 Å². The molecule has 2 rings (SSSR count). The van der Waals surface area contributed by atoms with Gasteiger partial charge in [0.15, 0.2) is 0 Å². The van der Waals surface area contributed by atoms with Crippen LogP contribution in [0.3, 0.4) is 0 Å². The average Bonchev–Trinajstić information content (AvgIpc) is 3.01. The van der Waals surface area contributed by atoms with Crippen LogP contribution in [0.2, 0.25) is 0 Å². The monoisotopic (exact) mass is 629 g/mol. The fourth-order valence-electron chi connectivity index (χ4n) is 5.72. The van der Waals surface area contributed by atoms with E-state index in [0.29, 0.717) is 24.3 Å². The molecule has 1 aromatic rings. The van der Waals surface area contributed by atoms with Gasteiger partial charge in [0.1, 0.15) is 23.6 Å². The first-order valence-electron chi connectivity index (χ1n) is 16.4. The highest BCUT2D eigenvalue weighted by Gasteiger charge is 2.34. The highest BCUT2D eigenvalue weighted by molar-refractivity contribution is 5.91. The Morgan fingerprint density at radius 3 is 2.42 bits per heavy atom. The number of amides is 3. The SMILES string of the molecule is CCCC1CCCC/C=C/CC(C(=O)N(C)Cc2ccc(OC)cc2OC)C[C@@H](C(=O)OCC)NC(=O)[C@H](CC(C)C)NC1=O. The Balaban J connectivity index is 2.41. The zero-order valence-electron chi connectivity index (χ0n) is 28.4. The van der Waals surface area contributed by atoms with Crippen molar-refractivity contribution in [2.75, 3.05) is 27.9 Å². The second-order valence-corrected chi connectivity index (χ2v) is 12.3. The Bertz CT molecular complexity index is 1140. The molecule has 0 radical (unpaired) electrons. The molecule has 0 fully saturated rings. The molecule has 0 bridgehead atoms. The second-order valence-electron chi connectivity index (χ2n) is 12.3. The van der Waals surface area contributed by atoms with Crippen LogP contribution in [-0.4, -0.2) is 68.5 Å². The maximum Gasteiger partial charge on any atom is 0.328 e. The molecule has 0 saturated heterocycles. The molecule has 2 N–H and O–H groups in total. The van der Waals surface area contributed by atoms with Crippen molar-refractivity contribution in [3.8, 4) is 11.5 Å². The van der Waals surface area contributed by atoms with E-state index in [1.54, 1.807) is 39.2 Å². The molecule has 4 atom stereocenters. The number of esters is 1. The maximum absolute atomic E-state index is 13.9. The standard InChI is InChI=1S/C35H55N3O7/c1-8-15-25-16-13-11-10-12-14-17-26(34(41)38(5)23-27-18-19-28(43-6)22-31(27)44-7)21-30(35(42)45-9-2)37-33(40)29(20-24(3)4)36-32(25)39/h12,14,18-19,22,24-26,29-30H,8-11,13,15-17,20-21,23H2,1-7H3,(H,36,39)(H,37,40)/b14-12+/t25?,26?,29-,30-/m0/s1. The Labute approximate surface area is 269 Å². The van der Waals surface area contributed by atoms with Gasteiger partial charge in [0.25, 0.3) is 0 Å². The van der Waals surface area contributed by atoms with Gasteiger partial charge in [-0.15, -0.1) is 0 Å². The quantitative estimate of drug-likeness (QED) is 0.255. The van der Waals surface area contributed by atoms with Crippen LogP contribution in [0.1, 0.15) is 91.0 Å². The van der Waals surface area contributed by atoms with Gasteiger partial charge in [0.2, 0.25) is 17.7 Å². The summed E-state index contributed by atoms with van der Waals surface area (Å²) in [6.07, 6.45) is 9.93. The van der Waals surface area contributed by atoms with Crippen LogP contribution >= 0.6 is 0 Å². The summed E-state index contributed by atoms with van der Waals surface area (Å²) >= 11 is 0. The predicted molar refractivity (Wildman–Crippen MR) is 175 cm³/mol. The minimum atomic E-state index is -1.06. The minimum Gasteiger partial charge on any atom is -0.497 e. The van der Waals surface area contributed by atoms with Crippen molar-refractivity contribution in [1.29, 1.82) is 0 Å². The number of nitrogens with one attached hydrogen (secondary N) is 2. The average molecular weight is 630 g/mol. The van der Waals surface area contributed by atoms with E-state index >= 15 is 0 Å². The molecule has 1 aliphatic heterocycles. The zero-order chi connectivity index (χ0) is 33.4. The number of hydrogen-bond donors (Lipinski definition) is 2. The van der Waals surface area contributed by atoms with Crippen LogP contribution in [0.15, 0.2) is 30.4 Å². The lowest BCUT2D eigenvalue weighted by Crippen LogP contribution is -2.54. The number of hydrogen-bond acceptors (Lipinski definition) is 7. The molecule has 10 heteroatoms. The van der Waals surface area contributed by atoms with Crippen LogP contribution in [0.25, 0.3) is 0 Å². The number of allylic oxidation sites excluding steroid dienone is 2. The number of carbonyl (C=O) groups is 4. The number of carbonyl (C=O) groups excluding carboxylic acids is 4. The molecule has 45 heavy (non-hydrogen) atoms. The van der Waals surface area contributed by atoms with Crippen molar-refractivity contribution in [2.45, 2.75) is 104 Å². The highest BCUT2D eigenvalue weighted by atomic mass is 16.5. The van der Waals surface area contributed by atoms with Crippen molar-refractivity contribution >= 4 is 23.7 Å². The molecular formula is C35H55N3O7. The van der Waals surface area contributed by atoms with Gasteiger partial charge in [-0.3, -0.25) is 14.4 Å². The lowest BCUT2D eigenvalue weighted by Gasteiger charge is -2.29. The summed E-state index contributed by atoms with van der Waals surface area (Å²) in [5, 5.41) is 5.85. The highest BCUT2D eigenvalue weighted by Crippen LogP contribution is 2.27. The molecule has 0 aliphatic carbocycles. The summed E-state index contributed by atoms with van der Waals surface area (Å²) in [6, 6.07) is 3.58. The van der Waals surface area contributed by atoms with Gasteiger partial charge in [-0.1, -0.05) is 45.8 Å². The molecule has 2 unspecified atom stereocenters. The van der Waals surface area contributed by atoms with Crippen LogP contribution in [0, 0.1) is 17.8 Å². The number of benzene rings is 1. The van der Waals surface area contributed by atoms with Gasteiger partial charge in [-0.05, 0) is 69.9 Å². The summed E-state index contributed by atoms with van der Waals surface area (Å²) in [5.41, 5.74) is 0.807. The summed E-state index contributed by atoms with van der Waals surface area (Å²) in [4.78, 5) is 55.7. The van der Waals surface area contributed by atoms with E-state index in [1.807, 2.05) is 32.1 Å². The number of methoxy groups -OCH3 is 2. The van der Waals surface area contributed by atoms with Crippen LogP contribution in [0.4, 0.5) is 0 Å². The third-order valence-corrected chi connectivity index (χ3v) is 8.14. The molecule has 0 saturated carbocycles. The van der Waals surface area contributed by atoms with E-state index in [4.69, 9.17) is 14.2 Å². The van der Waals surface area contributed by atoms with E-state index < -0.39 is 29.9 Å². The molecule has 1 heterocycles. The number of nitrogens with zero attached hydrogens (tertiary/aromatic N) is 1. The second kappa shape index (κ2) is 19.7. The number of ether oxygens (including phenoxy) is 3. The van der Waals surface area contributed by atoms with Crippen molar-refractivity contribution in [3.05, 3.63) is 35.9 Å². The third-order valence-electron chi connectivity index (χ3n) is 8.14. The first kappa shape index (κ1) is 37.6. The van der Waals surface area contributed by atoms with Crippen molar-refractivity contribution < 1.29 is 33.4 Å². The summed E-state index contributed by atoms with van der Waals surface area (Å²) in [6.45, 7) is 8.14. The maximum atomic E-state index is 13.9. The van der Waals surface area contributed by atoms with Gasteiger partial charge in [0.05, 0.1) is 20.8 Å². The van der Waals surface area contributed by atoms with Gasteiger partial charge in [-0.25, -0.2) is 4.79 Å². The van der Waals surface area contributed by atoms with Crippen molar-refractivity contribution in [2.24, 2.45) is 17.8 Å². The fraction of sp³-hybridized carbons (Fsp3) is 0.657. The summed E-state index contributed by atoms with van der Waals surface area (Å²) in [7, 11) is 4.86. The topological polar surface area (TPSA) is 123 Å². The van der Waals surface area contributed by atoms with Gasteiger partial charge < -0.3 is 29.7 Å². The summed E-state index contributed by atoms with van der Waals surface area (Å²) < 4.78 is 16.2. The first-order valence-corrected chi connectivity index (χ1v) is 16.4. The Morgan fingerprint density at radius 2 is 1.78 bits per heavy atom. The van der Waals surface area contributed by atoms with Crippen molar-refractivity contribution in [1.82, 2.24) is 15.5 Å². The molecule has 252 valence electrons. The third kappa shape index (κ3) is 12.4. The van der Waals surface area contributed by atoms with Gasteiger partial charge >= 0.3 is 5.97 Å². The molecular weight excluding hydrogens is 574 g/mol. The molecule has 0 aromatic heterocycles. The summed E-state index contributed by atoms with van der Waals surface area (Å²) in [5.74, 6) is -0.755. The lowest BCUT2D eigenvalue weighted by molar-refractivity contribution is -0.149. The van der Waals surface area contributed by atoms with Crippen LogP contribution in [-0.2, 0) is 30.5 Å². The fourth-order valence-corrected chi connectivity index (χ4v) is 5.72. The zero-order valence-corrected chi connectivity index (χ0v) is 28.4. The Morgan fingerprint density at radius 1 is 1.02 bits per heavy atom. The Kier molecular flexibility index (Phi) is 16.5. The van der Waals surface area contributed by atoms with Gasteiger partial charge in [0, 0.05) is 37.1 Å². The van der Waals surface area contributed by atoms with E-state index in [9.17, 15) is 19.2 Å². The smallest absolute Gasteiger partial charge is 0.328 e. The normalized spacial score (nSPS) is 22.6. The number of rotatable bonds is 11.